The Bertz CT molecular complexity index is 513. The van der Waals surface area contributed by atoms with E-state index in [9.17, 15) is 9.18 Å². The van der Waals surface area contributed by atoms with Gasteiger partial charge in [-0.1, -0.05) is 18.2 Å². The van der Waals surface area contributed by atoms with E-state index in [4.69, 9.17) is 0 Å². The molecule has 1 saturated heterocycles. The molecule has 0 radical (unpaired) electrons. The summed E-state index contributed by atoms with van der Waals surface area (Å²) in [5.41, 5.74) is 0.0157. The van der Waals surface area contributed by atoms with E-state index in [-0.39, 0.29) is 11.7 Å². The molecule has 1 aliphatic heterocycles. The number of benzene rings is 1. The lowest BCUT2D eigenvalue weighted by Gasteiger charge is -2.24. The summed E-state index contributed by atoms with van der Waals surface area (Å²) in [6.45, 7) is 2.55. The number of hydrogen-bond acceptors (Lipinski definition) is 2. The third-order valence-corrected chi connectivity index (χ3v) is 4.61. The molecular formula is C16H21FN2O. The number of carbonyl (C=O) groups excluding carboxylic acids is 1. The Kier molecular flexibility index (Phi) is 3.50. The van der Waals surface area contributed by atoms with E-state index in [1.807, 2.05) is 18.0 Å². The van der Waals surface area contributed by atoms with Gasteiger partial charge in [-0.2, -0.15) is 0 Å². The molecule has 0 aromatic heterocycles. The summed E-state index contributed by atoms with van der Waals surface area (Å²) in [6, 6.07) is 6.72. The van der Waals surface area contributed by atoms with Crippen molar-refractivity contribution in [1.29, 1.82) is 0 Å². The van der Waals surface area contributed by atoms with Crippen molar-refractivity contribution < 1.29 is 9.18 Å². The first-order valence-electron chi connectivity index (χ1n) is 7.36. The minimum atomic E-state index is -0.570. The molecule has 1 unspecified atom stereocenters. The lowest BCUT2D eigenvalue weighted by atomic mass is 9.94. The van der Waals surface area contributed by atoms with Gasteiger partial charge in [0.15, 0.2) is 0 Å². The average molecular weight is 276 g/mol. The largest absolute Gasteiger partial charge is 0.342 e. The van der Waals surface area contributed by atoms with E-state index < -0.39 is 5.41 Å². The van der Waals surface area contributed by atoms with Crippen molar-refractivity contribution in [1.82, 2.24) is 10.2 Å². The van der Waals surface area contributed by atoms with E-state index in [0.29, 0.717) is 11.5 Å². The fourth-order valence-electron chi connectivity index (χ4n) is 3.35. The SMILES string of the molecule is CNCC1CCN(C(=O)C2(c3ccccc3F)CC2)C1. The number of rotatable bonds is 4. The van der Waals surface area contributed by atoms with E-state index in [1.54, 1.807) is 12.1 Å². The number of halogens is 1. The smallest absolute Gasteiger partial charge is 0.233 e. The van der Waals surface area contributed by atoms with Crippen molar-refractivity contribution in [3.05, 3.63) is 35.6 Å². The van der Waals surface area contributed by atoms with E-state index in [1.165, 1.54) is 6.07 Å². The molecule has 3 nitrogen and oxygen atoms in total. The van der Waals surface area contributed by atoms with Gasteiger partial charge < -0.3 is 10.2 Å². The molecule has 1 aromatic carbocycles. The van der Waals surface area contributed by atoms with Crippen LogP contribution in [0.5, 0.6) is 0 Å². The van der Waals surface area contributed by atoms with Crippen LogP contribution in [0.25, 0.3) is 0 Å². The van der Waals surface area contributed by atoms with Crippen molar-refractivity contribution in [2.75, 3.05) is 26.7 Å². The van der Waals surface area contributed by atoms with Crippen molar-refractivity contribution in [3.8, 4) is 0 Å². The zero-order valence-corrected chi connectivity index (χ0v) is 11.9. The number of amides is 1. The van der Waals surface area contributed by atoms with Crippen molar-refractivity contribution in [3.63, 3.8) is 0 Å². The maximum Gasteiger partial charge on any atom is 0.233 e. The van der Waals surface area contributed by atoms with Gasteiger partial charge in [-0.3, -0.25) is 4.79 Å². The predicted octanol–water partition coefficient (Wildman–Crippen LogP) is 1.93. The molecule has 1 aliphatic carbocycles. The lowest BCUT2D eigenvalue weighted by molar-refractivity contribution is -0.133. The Morgan fingerprint density at radius 2 is 2.20 bits per heavy atom. The molecule has 1 amide bonds. The van der Waals surface area contributed by atoms with Crippen LogP contribution in [-0.2, 0) is 10.2 Å². The van der Waals surface area contributed by atoms with Gasteiger partial charge >= 0.3 is 0 Å². The molecule has 3 rings (SSSR count). The molecule has 0 bridgehead atoms. The molecule has 2 aliphatic rings. The summed E-state index contributed by atoms with van der Waals surface area (Å²) in [7, 11) is 1.94. The van der Waals surface area contributed by atoms with E-state index in [0.717, 1.165) is 38.9 Å². The fourth-order valence-corrected chi connectivity index (χ4v) is 3.35. The Balaban J connectivity index is 1.76. The molecule has 2 fully saturated rings. The van der Waals surface area contributed by atoms with Crippen LogP contribution >= 0.6 is 0 Å². The molecule has 20 heavy (non-hydrogen) atoms. The number of nitrogens with one attached hydrogen (secondary N) is 1. The van der Waals surface area contributed by atoms with Gasteiger partial charge in [0.25, 0.3) is 0 Å². The van der Waals surface area contributed by atoms with Crippen LogP contribution in [0.4, 0.5) is 4.39 Å². The number of hydrogen-bond donors (Lipinski definition) is 1. The predicted molar refractivity (Wildman–Crippen MR) is 75.9 cm³/mol. The Labute approximate surface area is 119 Å². The molecule has 108 valence electrons. The second kappa shape index (κ2) is 5.17. The van der Waals surface area contributed by atoms with E-state index >= 15 is 0 Å². The molecule has 1 N–H and O–H groups in total. The maximum absolute atomic E-state index is 14.0. The summed E-state index contributed by atoms with van der Waals surface area (Å²) < 4.78 is 14.0. The van der Waals surface area contributed by atoms with Gasteiger partial charge in [0.2, 0.25) is 5.91 Å². The molecular weight excluding hydrogens is 255 g/mol. The van der Waals surface area contributed by atoms with Crippen LogP contribution in [0.1, 0.15) is 24.8 Å². The molecule has 0 spiro atoms. The molecule has 4 heteroatoms. The lowest BCUT2D eigenvalue weighted by Crippen LogP contribution is -2.38. The Morgan fingerprint density at radius 1 is 1.45 bits per heavy atom. The summed E-state index contributed by atoms with van der Waals surface area (Å²) in [5.74, 6) is 0.408. The van der Waals surface area contributed by atoms with Gasteiger partial charge in [0, 0.05) is 18.7 Å². The zero-order chi connectivity index (χ0) is 14.2. The minimum Gasteiger partial charge on any atom is -0.342 e. The van der Waals surface area contributed by atoms with Crippen LogP contribution in [0.3, 0.4) is 0 Å². The topological polar surface area (TPSA) is 32.3 Å². The van der Waals surface area contributed by atoms with Gasteiger partial charge in [0.05, 0.1) is 5.41 Å². The summed E-state index contributed by atoms with van der Waals surface area (Å²) in [6.07, 6.45) is 2.60. The Hall–Kier alpha value is -1.42. The van der Waals surface area contributed by atoms with Crippen molar-refractivity contribution in [2.24, 2.45) is 5.92 Å². The zero-order valence-electron chi connectivity index (χ0n) is 11.9. The summed E-state index contributed by atoms with van der Waals surface area (Å²) in [5, 5.41) is 3.17. The highest BCUT2D eigenvalue weighted by Crippen LogP contribution is 2.50. The van der Waals surface area contributed by atoms with Crippen LogP contribution in [0.15, 0.2) is 24.3 Å². The summed E-state index contributed by atoms with van der Waals surface area (Å²) >= 11 is 0. The third kappa shape index (κ3) is 2.22. The first kappa shape index (κ1) is 13.6. The highest BCUT2D eigenvalue weighted by atomic mass is 19.1. The normalized spacial score (nSPS) is 23.9. The molecule has 1 heterocycles. The van der Waals surface area contributed by atoms with Crippen LogP contribution in [0.2, 0.25) is 0 Å². The van der Waals surface area contributed by atoms with Gasteiger partial charge in [-0.15, -0.1) is 0 Å². The maximum atomic E-state index is 14.0. The number of nitrogens with zero attached hydrogens (tertiary/aromatic N) is 1. The summed E-state index contributed by atoms with van der Waals surface area (Å²) in [4.78, 5) is 14.7. The standard InChI is InChI=1S/C16H21FN2O/c1-18-10-12-6-9-19(11-12)15(20)16(7-8-16)13-4-2-3-5-14(13)17/h2-5,12,18H,6-11H2,1H3. The first-order valence-corrected chi connectivity index (χ1v) is 7.36. The molecule has 1 atom stereocenters. The molecule has 1 saturated carbocycles. The minimum absolute atomic E-state index is 0.126. The third-order valence-electron chi connectivity index (χ3n) is 4.61. The highest BCUT2D eigenvalue weighted by Gasteiger charge is 2.54. The quantitative estimate of drug-likeness (QED) is 0.911. The number of carbonyl (C=O) groups is 1. The van der Waals surface area contributed by atoms with Gasteiger partial charge in [-0.25, -0.2) is 4.39 Å². The molecule has 1 aromatic rings. The number of likely N-dealkylation sites (tertiary alicyclic amines) is 1. The van der Waals surface area contributed by atoms with Crippen LogP contribution < -0.4 is 5.32 Å². The van der Waals surface area contributed by atoms with Crippen molar-refractivity contribution in [2.45, 2.75) is 24.7 Å². The highest BCUT2D eigenvalue weighted by molar-refractivity contribution is 5.91. The second-order valence-electron chi connectivity index (χ2n) is 6.03. The average Bonchev–Trinajstić information content (AvgIpc) is 3.12. The Morgan fingerprint density at radius 3 is 2.85 bits per heavy atom. The van der Waals surface area contributed by atoms with E-state index in [2.05, 4.69) is 5.32 Å². The van der Waals surface area contributed by atoms with Crippen LogP contribution in [0, 0.1) is 11.7 Å². The monoisotopic (exact) mass is 276 g/mol. The van der Waals surface area contributed by atoms with Gasteiger partial charge in [-0.05, 0) is 44.8 Å². The van der Waals surface area contributed by atoms with Gasteiger partial charge in [0.1, 0.15) is 5.82 Å². The first-order chi connectivity index (χ1) is 9.67. The van der Waals surface area contributed by atoms with Crippen LogP contribution in [-0.4, -0.2) is 37.5 Å². The fraction of sp³-hybridized carbons (Fsp3) is 0.562. The second-order valence-corrected chi connectivity index (χ2v) is 6.03. The van der Waals surface area contributed by atoms with Crippen molar-refractivity contribution >= 4 is 5.91 Å².